The lowest BCUT2D eigenvalue weighted by Crippen LogP contribution is -2.12. The zero-order valence-electron chi connectivity index (χ0n) is 11.3. The summed E-state index contributed by atoms with van der Waals surface area (Å²) in [6.07, 6.45) is 0.855. The highest BCUT2D eigenvalue weighted by atomic mass is 32.1. The number of nitrogens with one attached hydrogen (secondary N) is 1. The molecule has 0 fully saturated rings. The standard InChI is InChI=1S/C13H18N4O2S/c1-2-18-9-12-15-11(17-14)8-13(16-12)19-6-5-10-4-3-7-20-10/h3-4,7-8H,2,5-6,9,14H2,1H3,(H,15,16,17). The van der Waals surface area contributed by atoms with Crippen LogP contribution in [0, 0.1) is 0 Å². The van der Waals surface area contributed by atoms with E-state index in [0.717, 1.165) is 6.42 Å². The number of rotatable bonds is 8. The van der Waals surface area contributed by atoms with E-state index in [-0.39, 0.29) is 0 Å². The van der Waals surface area contributed by atoms with Gasteiger partial charge in [-0.25, -0.2) is 10.8 Å². The van der Waals surface area contributed by atoms with Gasteiger partial charge in [-0.1, -0.05) is 6.07 Å². The van der Waals surface area contributed by atoms with E-state index in [1.165, 1.54) is 4.88 Å². The number of hydrazine groups is 1. The smallest absolute Gasteiger partial charge is 0.218 e. The molecule has 2 aromatic rings. The highest BCUT2D eigenvalue weighted by Gasteiger charge is 2.05. The maximum absolute atomic E-state index is 5.65. The monoisotopic (exact) mass is 294 g/mol. The number of ether oxygens (including phenoxy) is 2. The van der Waals surface area contributed by atoms with Crippen LogP contribution in [0.3, 0.4) is 0 Å². The van der Waals surface area contributed by atoms with Crippen LogP contribution >= 0.6 is 11.3 Å². The van der Waals surface area contributed by atoms with Gasteiger partial charge >= 0.3 is 0 Å². The van der Waals surface area contributed by atoms with Gasteiger partial charge in [0.1, 0.15) is 12.4 Å². The van der Waals surface area contributed by atoms with Crippen LogP contribution in [0.5, 0.6) is 5.88 Å². The highest BCUT2D eigenvalue weighted by Crippen LogP contribution is 2.15. The first-order valence-corrected chi connectivity index (χ1v) is 7.27. The third kappa shape index (κ3) is 4.44. The fourth-order valence-corrected chi connectivity index (χ4v) is 2.28. The van der Waals surface area contributed by atoms with Crippen molar-refractivity contribution in [2.45, 2.75) is 20.0 Å². The molecule has 6 nitrogen and oxygen atoms in total. The predicted octanol–water partition coefficient (Wildman–Crippen LogP) is 1.98. The van der Waals surface area contributed by atoms with Gasteiger partial charge in [-0.2, -0.15) is 4.98 Å². The van der Waals surface area contributed by atoms with Crippen molar-refractivity contribution in [3.8, 4) is 5.88 Å². The Labute approximate surface area is 121 Å². The third-order valence-corrected chi connectivity index (χ3v) is 3.45. The molecular formula is C13H18N4O2S. The van der Waals surface area contributed by atoms with Gasteiger partial charge in [-0.05, 0) is 18.4 Å². The first-order chi connectivity index (χ1) is 9.81. The first-order valence-electron chi connectivity index (χ1n) is 6.39. The van der Waals surface area contributed by atoms with Crippen LogP contribution in [-0.4, -0.2) is 23.2 Å². The lowest BCUT2D eigenvalue weighted by molar-refractivity contribution is 0.127. The molecule has 0 saturated heterocycles. The fourth-order valence-electron chi connectivity index (χ4n) is 1.59. The fraction of sp³-hybridized carbons (Fsp3) is 0.385. The number of nitrogens with two attached hydrogens (primary N) is 1. The number of hydrogen-bond donors (Lipinski definition) is 2. The van der Waals surface area contributed by atoms with Crippen molar-refractivity contribution in [1.29, 1.82) is 0 Å². The van der Waals surface area contributed by atoms with Crippen molar-refractivity contribution in [3.63, 3.8) is 0 Å². The van der Waals surface area contributed by atoms with E-state index in [1.807, 2.05) is 13.0 Å². The van der Waals surface area contributed by atoms with Crippen molar-refractivity contribution in [2.24, 2.45) is 5.84 Å². The zero-order valence-corrected chi connectivity index (χ0v) is 12.2. The molecule has 2 aromatic heterocycles. The molecule has 0 unspecified atom stereocenters. The zero-order chi connectivity index (χ0) is 14.2. The molecule has 0 radical (unpaired) electrons. The van der Waals surface area contributed by atoms with Crippen LogP contribution in [0.1, 0.15) is 17.6 Å². The Morgan fingerprint density at radius 3 is 3.00 bits per heavy atom. The van der Waals surface area contributed by atoms with Crippen molar-refractivity contribution in [3.05, 3.63) is 34.3 Å². The molecule has 0 atom stereocenters. The molecule has 0 aromatic carbocycles. The van der Waals surface area contributed by atoms with E-state index < -0.39 is 0 Å². The normalized spacial score (nSPS) is 10.5. The molecule has 0 bridgehead atoms. The minimum absolute atomic E-state index is 0.341. The molecule has 20 heavy (non-hydrogen) atoms. The van der Waals surface area contributed by atoms with Gasteiger partial charge in [0.2, 0.25) is 5.88 Å². The summed E-state index contributed by atoms with van der Waals surface area (Å²) in [6, 6.07) is 5.78. The second-order valence-electron chi connectivity index (χ2n) is 3.97. The van der Waals surface area contributed by atoms with Crippen molar-refractivity contribution < 1.29 is 9.47 Å². The van der Waals surface area contributed by atoms with Crippen LogP contribution < -0.4 is 16.0 Å². The first kappa shape index (κ1) is 14.7. The van der Waals surface area contributed by atoms with E-state index in [0.29, 0.717) is 37.3 Å². The van der Waals surface area contributed by atoms with Crippen molar-refractivity contribution in [2.75, 3.05) is 18.6 Å². The molecular weight excluding hydrogens is 276 g/mol. The summed E-state index contributed by atoms with van der Waals surface area (Å²) < 4.78 is 10.9. The molecule has 0 amide bonds. The largest absolute Gasteiger partial charge is 0.477 e. The molecule has 2 rings (SSSR count). The molecule has 7 heteroatoms. The lowest BCUT2D eigenvalue weighted by atomic mass is 10.4. The second-order valence-corrected chi connectivity index (χ2v) is 5.00. The summed E-state index contributed by atoms with van der Waals surface area (Å²) in [6.45, 7) is 3.44. The minimum atomic E-state index is 0.341. The van der Waals surface area contributed by atoms with Crippen LogP contribution in [0.15, 0.2) is 23.6 Å². The molecule has 0 aliphatic rings. The van der Waals surface area contributed by atoms with Crippen molar-refractivity contribution >= 4 is 17.2 Å². The predicted molar refractivity (Wildman–Crippen MR) is 78.7 cm³/mol. The maximum Gasteiger partial charge on any atom is 0.218 e. The van der Waals surface area contributed by atoms with E-state index in [1.54, 1.807) is 17.4 Å². The number of thiophene rings is 1. The topological polar surface area (TPSA) is 82.3 Å². The SMILES string of the molecule is CCOCc1nc(NN)cc(OCCc2cccs2)n1. The summed E-state index contributed by atoms with van der Waals surface area (Å²) in [5.74, 6) is 6.95. The van der Waals surface area contributed by atoms with E-state index in [2.05, 4.69) is 26.8 Å². The average molecular weight is 294 g/mol. The summed E-state index contributed by atoms with van der Waals surface area (Å²) in [7, 11) is 0. The summed E-state index contributed by atoms with van der Waals surface area (Å²) >= 11 is 1.71. The van der Waals surface area contributed by atoms with E-state index in [9.17, 15) is 0 Å². The molecule has 0 aliphatic heterocycles. The summed E-state index contributed by atoms with van der Waals surface area (Å²) in [4.78, 5) is 9.77. The van der Waals surface area contributed by atoms with Crippen LogP contribution in [0.4, 0.5) is 5.82 Å². The number of anilines is 1. The minimum Gasteiger partial charge on any atom is -0.477 e. The Morgan fingerprint density at radius 1 is 1.40 bits per heavy atom. The Kier molecular flexibility index (Phi) is 5.72. The average Bonchev–Trinajstić information content (AvgIpc) is 2.98. The lowest BCUT2D eigenvalue weighted by Gasteiger charge is -2.09. The van der Waals surface area contributed by atoms with E-state index >= 15 is 0 Å². The van der Waals surface area contributed by atoms with Gasteiger partial charge < -0.3 is 14.9 Å². The summed E-state index contributed by atoms with van der Waals surface area (Å²) in [5, 5.41) is 2.05. The molecule has 108 valence electrons. The molecule has 3 N–H and O–H groups in total. The number of hydrogen-bond acceptors (Lipinski definition) is 7. The Balaban J connectivity index is 1.94. The Morgan fingerprint density at radius 2 is 2.30 bits per heavy atom. The van der Waals surface area contributed by atoms with Crippen LogP contribution in [0.2, 0.25) is 0 Å². The van der Waals surface area contributed by atoms with Gasteiger partial charge in [0.05, 0.1) is 6.61 Å². The molecule has 2 heterocycles. The van der Waals surface area contributed by atoms with Gasteiger partial charge in [-0.15, -0.1) is 11.3 Å². The number of nitrogens with zero attached hydrogens (tertiary/aromatic N) is 2. The van der Waals surface area contributed by atoms with Gasteiger partial charge in [0.15, 0.2) is 5.82 Å². The number of nitrogen functional groups attached to an aromatic ring is 1. The Bertz CT molecular complexity index is 519. The van der Waals surface area contributed by atoms with Crippen LogP contribution in [-0.2, 0) is 17.8 Å². The van der Waals surface area contributed by atoms with Crippen molar-refractivity contribution in [1.82, 2.24) is 9.97 Å². The Hall–Kier alpha value is -1.70. The highest BCUT2D eigenvalue weighted by molar-refractivity contribution is 7.09. The number of aromatic nitrogens is 2. The quantitative estimate of drug-likeness (QED) is 0.572. The second kappa shape index (κ2) is 7.78. The summed E-state index contributed by atoms with van der Waals surface area (Å²) in [5.41, 5.74) is 2.50. The van der Waals surface area contributed by atoms with E-state index in [4.69, 9.17) is 15.3 Å². The van der Waals surface area contributed by atoms with Crippen LogP contribution in [0.25, 0.3) is 0 Å². The molecule has 0 aliphatic carbocycles. The van der Waals surface area contributed by atoms with Gasteiger partial charge in [0.25, 0.3) is 0 Å². The molecule has 0 spiro atoms. The molecule has 0 saturated carbocycles. The maximum atomic E-state index is 5.65. The van der Waals surface area contributed by atoms with Gasteiger partial charge in [0, 0.05) is 24.0 Å². The third-order valence-electron chi connectivity index (χ3n) is 2.51. The van der Waals surface area contributed by atoms with Gasteiger partial charge in [-0.3, -0.25) is 0 Å².